The zero-order valence-electron chi connectivity index (χ0n) is 20.2. The molecule has 7 nitrogen and oxygen atoms in total. The van der Waals surface area contributed by atoms with Crippen LogP contribution in [0.2, 0.25) is 0 Å². The first-order valence-corrected chi connectivity index (χ1v) is 11.9. The molecule has 1 atom stereocenters. The number of aromatic nitrogens is 1. The first-order valence-electron chi connectivity index (χ1n) is 11.9. The number of rotatable bonds is 6. The number of carbonyl (C=O) groups is 2. The molecule has 2 aromatic carbocycles. The molecule has 0 spiro atoms. The summed E-state index contributed by atoms with van der Waals surface area (Å²) < 4.78 is 45.8. The predicted octanol–water partition coefficient (Wildman–Crippen LogP) is 4.91. The van der Waals surface area contributed by atoms with Crippen LogP contribution in [-0.2, 0) is 12.7 Å². The smallest absolute Gasteiger partial charge is 0.417 e. The minimum atomic E-state index is -4.62. The van der Waals surface area contributed by atoms with Crippen molar-refractivity contribution in [2.24, 2.45) is 0 Å². The minimum absolute atomic E-state index is 0.142. The summed E-state index contributed by atoms with van der Waals surface area (Å²) in [6, 6.07) is 17.7. The molecule has 4 rings (SSSR count). The number of nitrogens with one attached hydrogen (secondary N) is 1. The van der Waals surface area contributed by atoms with Gasteiger partial charge in [0.2, 0.25) is 5.88 Å². The van der Waals surface area contributed by atoms with E-state index in [0.717, 1.165) is 17.2 Å². The summed E-state index contributed by atoms with van der Waals surface area (Å²) in [6.07, 6.45) is -3.20. The zero-order valence-corrected chi connectivity index (χ0v) is 20.2. The highest BCUT2D eigenvalue weighted by atomic mass is 19.4. The number of halogens is 3. The van der Waals surface area contributed by atoms with Crippen LogP contribution in [0.5, 0.6) is 5.88 Å². The summed E-state index contributed by atoms with van der Waals surface area (Å²) >= 11 is 0. The zero-order chi connectivity index (χ0) is 26.4. The molecule has 1 fully saturated rings. The number of benzene rings is 2. The Balaban J connectivity index is 1.28. The molecular weight excluding hydrogens is 485 g/mol. The van der Waals surface area contributed by atoms with Gasteiger partial charge in [-0.05, 0) is 36.2 Å². The second-order valence-corrected chi connectivity index (χ2v) is 8.65. The van der Waals surface area contributed by atoms with Gasteiger partial charge in [-0.15, -0.1) is 0 Å². The van der Waals surface area contributed by atoms with Crippen molar-refractivity contribution >= 4 is 11.9 Å². The van der Waals surface area contributed by atoms with Crippen LogP contribution in [0.15, 0.2) is 72.9 Å². The first-order chi connectivity index (χ1) is 17.7. The minimum Gasteiger partial charge on any atom is -0.470 e. The molecule has 10 heteroatoms. The molecule has 1 aliphatic rings. The Labute approximate surface area is 212 Å². The SMILES string of the molecule is CC(Oc1cc(CNC(=O)N2CCN(C(=O)c3ccccc3C(F)(F)F)CC2)ccn1)c1ccccc1. The fourth-order valence-corrected chi connectivity index (χ4v) is 4.09. The molecular formula is C27H27F3N4O3. The number of hydrogen-bond donors (Lipinski definition) is 1. The molecule has 0 bridgehead atoms. The van der Waals surface area contributed by atoms with Crippen LogP contribution in [0.4, 0.5) is 18.0 Å². The van der Waals surface area contributed by atoms with E-state index < -0.39 is 17.6 Å². The lowest BCUT2D eigenvalue weighted by Crippen LogP contribution is -2.53. The normalized spacial score (nSPS) is 14.7. The number of amides is 3. The quantitative estimate of drug-likeness (QED) is 0.510. The summed E-state index contributed by atoms with van der Waals surface area (Å²) in [4.78, 5) is 32.5. The van der Waals surface area contributed by atoms with Gasteiger partial charge in [-0.3, -0.25) is 4.79 Å². The Morgan fingerprint density at radius 1 is 0.973 bits per heavy atom. The maximum atomic E-state index is 13.3. The van der Waals surface area contributed by atoms with Crippen molar-refractivity contribution in [3.05, 3.63) is 95.2 Å². The highest BCUT2D eigenvalue weighted by Gasteiger charge is 2.36. The fraction of sp³-hybridized carbons (Fsp3) is 0.296. The first kappa shape index (κ1) is 26.0. The monoisotopic (exact) mass is 512 g/mol. The molecule has 0 radical (unpaired) electrons. The Morgan fingerprint density at radius 2 is 1.62 bits per heavy atom. The summed E-state index contributed by atoms with van der Waals surface area (Å²) in [7, 11) is 0. The van der Waals surface area contributed by atoms with Crippen LogP contribution >= 0.6 is 0 Å². The topological polar surface area (TPSA) is 74.8 Å². The molecule has 1 N–H and O–H groups in total. The lowest BCUT2D eigenvalue weighted by atomic mass is 10.1. The summed E-state index contributed by atoms with van der Waals surface area (Å²) in [5.41, 5.74) is 0.475. The van der Waals surface area contributed by atoms with Crippen molar-refractivity contribution in [1.29, 1.82) is 0 Å². The van der Waals surface area contributed by atoms with Crippen molar-refractivity contribution in [1.82, 2.24) is 20.1 Å². The Hall–Kier alpha value is -4.08. The van der Waals surface area contributed by atoms with Gasteiger partial charge >= 0.3 is 12.2 Å². The average Bonchev–Trinajstić information content (AvgIpc) is 2.91. The van der Waals surface area contributed by atoms with Gasteiger partial charge in [-0.25, -0.2) is 9.78 Å². The second-order valence-electron chi connectivity index (χ2n) is 8.65. The van der Waals surface area contributed by atoms with Gasteiger partial charge in [-0.2, -0.15) is 13.2 Å². The number of piperazine rings is 1. The van der Waals surface area contributed by atoms with Crippen LogP contribution in [0.25, 0.3) is 0 Å². The van der Waals surface area contributed by atoms with E-state index >= 15 is 0 Å². The molecule has 0 aliphatic carbocycles. The van der Waals surface area contributed by atoms with Gasteiger partial charge in [0, 0.05) is 45.0 Å². The lowest BCUT2D eigenvalue weighted by molar-refractivity contribution is -0.138. The van der Waals surface area contributed by atoms with Gasteiger partial charge in [-0.1, -0.05) is 42.5 Å². The largest absolute Gasteiger partial charge is 0.470 e. The van der Waals surface area contributed by atoms with E-state index in [0.29, 0.717) is 5.88 Å². The number of carbonyl (C=O) groups excluding carboxylic acids is 2. The predicted molar refractivity (Wildman–Crippen MR) is 131 cm³/mol. The third kappa shape index (κ3) is 6.58. The fourth-order valence-electron chi connectivity index (χ4n) is 4.09. The summed E-state index contributed by atoms with van der Waals surface area (Å²) in [5, 5.41) is 2.84. The molecule has 1 aromatic heterocycles. The van der Waals surface area contributed by atoms with E-state index in [4.69, 9.17) is 4.74 Å². The third-order valence-electron chi connectivity index (χ3n) is 6.13. The number of pyridine rings is 1. The number of hydrogen-bond acceptors (Lipinski definition) is 4. The van der Waals surface area contributed by atoms with Crippen molar-refractivity contribution in [3.8, 4) is 5.88 Å². The Kier molecular flexibility index (Phi) is 7.95. The molecule has 194 valence electrons. The summed E-state index contributed by atoms with van der Waals surface area (Å²) in [6.45, 7) is 2.88. The Morgan fingerprint density at radius 3 is 2.32 bits per heavy atom. The molecule has 2 heterocycles. The highest BCUT2D eigenvalue weighted by Crippen LogP contribution is 2.32. The van der Waals surface area contributed by atoms with E-state index in [1.807, 2.05) is 37.3 Å². The van der Waals surface area contributed by atoms with Crippen LogP contribution in [-0.4, -0.2) is 52.9 Å². The molecule has 1 unspecified atom stereocenters. The van der Waals surface area contributed by atoms with Crippen molar-refractivity contribution in [2.75, 3.05) is 26.2 Å². The van der Waals surface area contributed by atoms with E-state index in [2.05, 4.69) is 10.3 Å². The third-order valence-corrected chi connectivity index (χ3v) is 6.13. The van der Waals surface area contributed by atoms with Crippen LogP contribution < -0.4 is 10.1 Å². The van der Waals surface area contributed by atoms with E-state index in [-0.39, 0.29) is 50.4 Å². The Bertz CT molecular complexity index is 1230. The molecule has 37 heavy (non-hydrogen) atoms. The van der Waals surface area contributed by atoms with Crippen LogP contribution in [0.1, 0.15) is 40.1 Å². The number of nitrogens with zero attached hydrogens (tertiary/aromatic N) is 3. The van der Waals surface area contributed by atoms with Crippen LogP contribution in [0, 0.1) is 0 Å². The van der Waals surface area contributed by atoms with Gasteiger partial charge in [0.15, 0.2) is 0 Å². The lowest BCUT2D eigenvalue weighted by Gasteiger charge is -2.35. The molecule has 3 amide bonds. The molecule has 1 aliphatic heterocycles. The van der Waals surface area contributed by atoms with Gasteiger partial charge in [0.05, 0.1) is 11.1 Å². The molecule has 3 aromatic rings. The van der Waals surface area contributed by atoms with Crippen molar-refractivity contribution in [3.63, 3.8) is 0 Å². The van der Waals surface area contributed by atoms with Gasteiger partial charge < -0.3 is 19.9 Å². The van der Waals surface area contributed by atoms with Crippen molar-refractivity contribution < 1.29 is 27.5 Å². The van der Waals surface area contributed by atoms with Crippen LogP contribution in [0.3, 0.4) is 0 Å². The maximum absolute atomic E-state index is 13.3. The number of ether oxygens (including phenoxy) is 1. The molecule has 1 saturated heterocycles. The highest BCUT2D eigenvalue weighted by molar-refractivity contribution is 5.96. The van der Waals surface area contributed by atoms with Gasteiger partial charge in [0.1, 0.15) is 6.10 Å². The maximum Gasteiger partial charge on any atom is 0.417 e. The van der Waals surface area contributed by atoms with E-state index in [1.54, 1.807) is 18.3 Å². The average molecular weight is 513 g/mol. The number of alkyl halides is 3. The second kappa shape index (κ2) is 11.3. The van der Waals surface area contributed by atoms with E-state index in [9.17, 15) is 22.8 Å². The van der Waals surface area contributed by atoms with Gasteiger partial charge in [0.25, 0.3) is 5.91 Å². The molecule has 0 saturated carbocycles. The van der Waals surface area contributed by atoms with E-state index in [1.165, 1.54) is 28.0 Å². The summed E-state index contributed by atoms with van der Waals surface area (Å²) in [5.74, 6) is -0.253. The standard InChI is InChI=1S/C27H27F3N4O3/c1-19(21-7-3-2-4-8-21)37-24-17-20(11-12-31-24)18-32-26(36)34-15-13-33(14-16-34)25(35)22-9-5-6-10-23(22)27(28,29)30/h2-12,17,19H,13-16,18H2,1H3,(H,32,36). The number of urea groups is 1. The van der Waals surface area contributed by atoms with Crippen molar-refractivity contribution in [2.45, 2.75) is 25.7 Å².